The molecule has 3 unspecified atom stereocenters. The third-order valence-corrected chi connectivity index (χ3v) is 4.21. The largest absolute Gasteiger partial charge is 0.480 e. The van der Waals surface area contributed by atoms with Gasteiger partial charge in [-0.2, -0.15) is 0 Å². The molecule has 0 bridgehead atoms. The number of nitrogens with zero attached hydrogens (tertiary/aromatic N) is 2. The van der Waals surface area contributed by atoms with E-state index in [9.17, 15) is 14.7 Å². The zero-order valence-electron chi connectivity index (χ0n) is 12.4. The number of rotatable bonds is 4. The summed E-state index contributed by atoms with van der Waals surface area (Å²) in [6.45, 7) is 4.80. The summed E-state index contributed by atoms with van der Waals surface area (Å²) < 4.78 is 0. The highest BCUT2D eigenvalue weighted by atomic mass is 16.4. The van der Waals surface area contributed by atoms with Crippen LogP contribution in [0, 0.1) is 5.92 Å². The van der Waals surface area contributed by atoms with Crippen molar-refractivity contribution in [3.8, 4) is 0 Å². The highest BCUT2D eigenvalue weighted by molar-refractivity contribution is 5.83. The van der Waals surface area contributed by atoms with Crippen LogP contribution in [0.15, 0.2) is 12.5 Å². The van der Waals surface area contributed by atoms with E-state index in [1.807, 2.05) is 6.92 Å². The van der Waals surface area contributed by atoms with Crippen molar-refractivity contribution in [2.24, 2.45) is 5.92 Å². The number of urea groups is 1. The summed E-state index contributed by atoms with van der Waals surface area (Å²) in [4.78, 5) is 32.1. The second-order valence-corrected chi connectivity index (χ2v) is 5.67. The summed E-state index contributed by atoms with van der Waals surface area (Å²) >= 11 is 0. The van der Waals surface area contributed by atoms with Crippen molar-refractivity contribution < 1.29 is 14.7 Å². The van der Waals surface area contributed by atoms with Crippen LogP contribution in [0.5, 0.6) is 0 Å². The molecule has 1 saturated heterocycles. The number of carboxylic acid groups (broad SMARTS) is 1. The molecule has 0 radical (unpaired) electrons. The minimum Gasteiger partial charge on any atom is -0.480 e. The second-order valence-electron chi connectivity index (χ2n) is 5.67. The Labute approximate surface area is 123 Å². The SMILES string of the molecule is CC1CCCN(C(=O)NC(Cc2cnc[nH]2)C(=O)O)C1C. The number of aromatic nitrogens is 2. The molecule has 2 heterocycles. The van der Waals surface area contributed by atoms with E-state index < -0.39 is 12.0 Å². The van der Waals surface area contributed by atoms with E-state index in [1.165, 1.54) is 6.33 Å². The maximum atomic E-state index is 12.3. The third kappa shape index (κ3) is 3.74. The lowest BCUT2D eigenvalue weighted by molar-refractivity contribution is -0.139. The van der Waals surface area contributed by atoms with E-state index in [-0.39, 0.29) is 18.5 Å². The van der Waals surface area contributed by atoms with Gasteiger partial charge < -0.3 is 20.3 Å². The number of aromatic amines is 1. The number of carbonyl (C=O) groups is 2. The Balaban J connectivity index is 1.99. The van der Waals surface area contributed by atoms with Crippen LogP contribution in [-0.2, 0) is 11.2 Å². The van der Waals surface area contributed by atoms with Gasteiger partial charge in [0.2, 0.25) is 0 Å². The first-order valence-corrected chi connectivity index (χ1v) is 7.26. The predicted octanol–water partition coefficient (Wildman–Crippen LogP) is 1.24. The van der Waals surface area contributed by atoms with E-state index in [0.717, 1.165) is 12.8 Å². The maximum Gasteiger partial charge on any atom is 0.326 e. The first-order chi connectivity index (χ1) is 9.99. The highest BCUT2D eigenvalue weighted by Gasteiger charge is 2.31. The quantitative estimate of drug-likeness (QED) is 0.778. The molecule has 1 fully saturated rings. The Morgan fingerprint density at radius 3 is 2.95 bits per heavy atom. The third-order valence-electron chi connectivity index (χ3n) is 4.21. The number of likely N-dealkylation sites (tertiary alicyclic amines) is 1. The number of imidazole rings is 1. The summed E-state index contributed by atoms with van der Waals surface area (Å²) in [7, 11) is 0. The molecule has 0 saturated carbocycles. The molecule has 1 aliphatic heterocycles. The molecule has 0 spiro atoms. The lowest BCUT2D eigenvalue weighted by atomic mass is 9.92. The second kappa shape index (κ2) is 6.60. The summed E-state index contributed by atoms with van der Waals surface area (Å²) in [5, 5.41) is 11.9. The Kier molecular flexibility index (Phi) is 4.82. The van der Waals surface area contributed by atoms with Gasteiger partial charge in [0, 0.05) is 30.9 Å². The van der Waals surface area contributed by atoms with Crippen molar-refractivity contribution in [3.05, 3.63) is 18.2 Å². The van der Waals surface area contributed by atoms with E-state index in [4.69, 9.17) is 0 Å². The number of carbonyl (C=O) groups excluding carboxylic acids is 1. The average Bonchev–Trinajstić information content (AvgIpc) is 2.93. The van der Waals surface area contributed by atoms with Crippen LogP contribution in [0.4, 0.5) is 4.79 Å². The standard InChI is InChI=1S/C14H22N4O3/c1-9-4-3-5-18(10(9)2)14(21)17-12(13(19)20)6-11-7-15-8-16-11/h7-10,12H,3-6H2,1-2H3,(H,15,16)(H,17,21)(H,19,20). The number of carboxylic acids is 1. The van der Waals surface area contributed by atoms with Crippen LogP contribution in [0.25, 0.3) is 0 Å². The highest BCUT2D eigenvalue weighted by Crippen LogP contribution is 2.22. The zero-order chi connectivity index (χ0) is 15.4. The van der Waals surface area contributed by atoms with Gasteiger partial charge in [0.1, 0.15) is 6.04 Å². The minimum absolute atomic E-state index is 0.125. The molecule has 7 heteroatoms. The van der Waals surface area contributed by atoms with Crippen LogP contribution in [0.1, 0.15) is 32.4 Å². The monoisotopic (exact) mass is 294 g/mol. The van der Waals surface area contributed by atoms with Crippen LogP contribution in [-0.4, -0.2) is 50.6 Å². The minimum atomic E-state index is -1.05. The molecule has 2 amide bonds. The average molecular weight is 294 g/mol. The van der Waals surface area contributed by atoms with Crippen LogP contribution in [0.2, 0.25) is 0 Å². The van der Waals surface area contributed by atoms with E-state index in [2.05, 4.69) is 22.2 Å². The van der Waals surface area contributed by atoms with E-state index in [1.54, 1.807) is 11.1 Å². The molecule has 116 valence electrons. The van der Waals surface area contributed by atoms with Gasteiger partial charge in [0.25, 0.3) is 0 Å². The van der Waals surface area contributed by atoms with Gasteiger partial charge in [-0.25, -0.2) is 14.6 Å². The molecule has 3 atom stereocenters. The normalized spacial score (nSPS) is 23.6. The maximum absolute atomic E-state index is 12.3. The Morgan fingerprint density at radius 1 is 1.57 bits per heavy atom. The molecule has 1 aromatic heterocycles. The molecule has 2 rings (SSSR count). The van der Waals surface area contributed by atoms with Crippen molar-refractivity contribution in [3.63, 3.8) is 0 Å². The van der Waals surface area contributed by atoms with Crippen molar-refractivity contribution in [2.45, 2.75) is 45.2 Å². The molecular weight excluding hydrogens is 272 g/mol. The number of hydrogen-bond acceptors (Lipinski definition) is 3. The Morgan fingerprint density at radius 2 is 2.33 bits per heavy atom. The van der Waals surface area contributed by atoms with Gasteiger partial charge in [-0.1, -0.05) is 6.92 Å². The number of piperidine rings is 1. The predicted molar refractivity (Wildman–Crippen MR) is 76.8 cm³/mol. The summed E-state index contributed by atoms with van der Waals surface area (Å²) in [5.41, 5.74) is 0.683. The fourth-order valence-electron chi connectivity index (χ4n) is 2.67. The van der Waals surface area contributed by atoms with E-state index >= 15 is 0 Å². The summed E-state index contributed by atoms with van der Waals surface area (Å²) in [5.74, 6) is -0.615. The van der Waals surface area contributed by atoms with Gasteiger partial charge in [-0.05, 0) is 25.7 Å². The first kappa shape index (κ1) is 15.3. The van der Waals surface area contributed by atoms with Gasteiger partial charge >= 0.3 is 12.0 Å². The van der Waals surface area contributed by atoms with Crippen molar-refractivity contribution >= 4 is 12.0 Å². The fourth-order valence-corrected chi connectivity index (χ4v) is 2.67. The first-order valence-electron chi connectivity index (χ1n) is 7.26. The smallest absolute Gasteiger partial charge is 0.326 e. The molecule has 3 N–H and O–H groups in total. The van der Waals surface area contributed by atoms with Gasteiger partial charge in [0.05, 0.1) is 6.33 Å². The number of H-pyrrole nitrogens is 1. The lowest BCUT2D eigenvalue weighted by Gasteiger charge is -2.38. The van der Waals surface area contributed by atoms with Gasteiger partial charge in [-0.3, -0.25) is 0 Å². The van der Waals surface area contributed by atoms with Crippen LogP contribution >= 0.6 is 0 Å². The van der Waals surface area contributed by atoms with Crippen molar-refractivity contribution in [1.82, 2.24) is 20.2 Å². The van der Waals surface area contributed by atoms with Crippen molar-refractivity contribution in [2.75, 3.05) is 6.54 Å². The fraction of sp³-hybridized carbons (Fsp3) is 0.643. The number of amides is 2. The van der Waals surface area contributed by atoms with Crippen LogP contribution < -0.4 is 5.32 Å². The molecular formula is C14H22N4O3. The van der Waals surface area contributed by atoms with Crippen molar-refractivity contribution in [1.29, 1.82) is 0 Å². The van der Waals surface area contributed by atoms with E-state index in [0.29, 0.717) is 18.2 Å². The molecule has 21 heavy (non-hydrogen) atoms. The number of hydrogen-bond donors (Lipinski definition) is 3. The topological polar surface area (TPSA) is 98.3 Å². The molecule has 0 aromatic carbocycles. The summed E-state index contributed by atoms with van der Waals surface area (Å²) in [6, 6.07) is -1.14. The number of aliphatic carboxylic acids is 1. The molecule has 1 aliphatic rings. The van der Waals surface area contributed by atoms with Gasteiger partial charge in [0.15, 0.2) is 0 Å². The zero-order valence-corrected chi connectivity index (χ0v) is 12.4. The molecule has 7 nitrogen and oxygen atoms in total. The Hall–Kier alpha value is -2.05. The van der Waals surface area contributed by atoms with Crippen LogP contribution in [0.3, 0.4) is 0 Å². The van der Waals surface area contributed by atoms with Gasteiger partial charge in [-0.15, -0.1) is 0 Å². The molecule has 0 aliphatic carbocycles. The molecule has 1 aromatic rings. The Bertz CT molecular complexity index is 488. The lowest BCUT2D eigenvalue weighted by Crippen LogP contribution is -2.54. The number of nitrogens with one attached hydrogen (secondary N) is 2. The summed E-state index contributed by atoms with van der Waals surface area (Å²) in [6.07, 6.45) is 5.30.